The smallest absolute Gasteiger partial charge is 0.165 e. The second-order valence-corrected chi connectivity index (χ2v) is 13.6. The summed E-state index contributed by atoms with van der Waals surface area (Å²) in [7, 11) is 2.20. The van der Waals surface area contributed by atoms with E-state index in [0.717, 1.165) is 27.9 Å². The Hall–Kier alpha value is -3.57. The van der Waals surface area contributed by atoms with Gasteiger partial charge in [-0.2, -0.15) is 0 Å². The summed E-state index contributed by atoms with van der Waals surface area (Å²) < 4.78 is 0. The predicted octanol–water partition coefficient (Wildman–Crippen LogP) is 9.39. The molecule has 1 aliphatic rings. The Labute approximate surface area is 282 Å². The second kappa shape index (κ2) is 12.3. The second-order valence-electron chi connectivity index (χ2n) is 13.6. The van der Waals surface area contributed by atoms with Crippen molar-refractivity contribution in [2.45, 2.75) is 78.3 Å². The van der Waals surface area contributed by atoms with Gasteiger partial charge in [-0.05, 0) is 49.6 Å². The number of fused-ring (bicyclic) bond motifs is 1. The minimum atomic E-state index is -0.0823. The van der Waals surface area contributed by atoms with Gasteiger partial charge in [-0.1, -0.05) is 102 Å². The summed E-state index contributed by atoms with van der Waals surface area (Å²) in [6.45, 7) is 17.9. The molecule has 5 nitrogen and oxygen atoms in total. The molecule has 6 heteroatoms. The van der Waals surface area contributed by atoms with E-state index >= 15 is 0 Å². The maximum Gasteiger partial charge on any atom is 0.165 e. The molecule has 0 saturated carbocycles. The van der Waals surface area contributed by atoms with Gasteiger partial charge in [0.1, 0.15) is 0 Å². The first-order valence-corrected chi connectivity index (χ1v) is 15.6. The van der Waals surface area contributed by atoms with E-state index in [9.17, 15) is 0 Å². The molecular weight excluding hydrogens is 731 g/mol. The molecule has 0 saturated heterocycles. The maximum atomic E-state index is 4.94. The number of benzene rings is 3. The van der Waals surface area contributed by atoms with Gasteiger partial charge in [0, 0.05) is 54.1 Å². The minimum Gasteiger partial charge on any atom is -0.304 e. The first-order chi connectivity index (χ1) is 20.9. The summed E-state index contributed by atoms with van der Waals surface area (Å²) in [5.74, 6) is 2.82. The van der Waals surface area contributed by atoms with Crippen molar-refractivity contribution in [2.24, 2.45) is 0 Å². The van der Waals surface area contributed by atoms with Gasteiger partial charge in [-0.3, -0.25) is 4.90 Å². The Morgan fingerprint density at radius 1 is 0.622 bits per heavy atom. The third-order valence-corrected chi connectivity index (χ3v) is 9.55. The average Bonchev–Trinajstić information content (AvgIpc) is 3.17. The number of nitrogens with zero attached hydrogens (tertiary/aromatic N) is 5. The van der Waals surface area contributed by atoms with E-state index in [1.807, 2.05) is 12.3 Å². The van der Waals surface area contributed by atoms with Gasteiger partial charge < -0.3 is 4.98 Å². The molecule has 0 atom stereocenters. The Morgan fingerprint density at radius 2 is 1.07 bits per heavy atom. The average molecular weight is 773 g/mol. The Kier molecular flexibility index (Phi) is 8.98. The van der Waals surface area contributed by atoms with Crippen molar-refractivity contribution in [3.8, 4) is 45.4 Å². The van der Waals surface area contributed by atoms with E-state index in [1.165, 1.54) is 22.3 Å². The van der Waals surface area contributed by atoms with Crippen LogP contribution in [0.25, 0.3) is 45.4 Å². The molecule has 0 fully saturated rings. The molecule has 0 spiro atoms. The van der Waals surface area contributed by atoms with Crippen LogP contribution in [0, 0.1) is 6.07 Å². The molecule has 0 amide bonds. The quantitative estimate of drug-likeness (QED) is 0.161. The summed E-state index contributed by atoms with van der Waals surface area (Å²) in [5, 5.41) is 0. The zero-order chi connectivity index (χ0) is 31.4. The summed E-state index contributed by atoms with van der Waals surface area (Å²) >= 11 is 0. The van der Waals surface area contributed by atoms with Crippen LogP contribution in [0.1, 0.15) is 89.5 Å². The molecule has 233 valence electrons. The molecule has 0 unspecified atom stereocenters. The van der Waals surface area contributed by atoms with E-state index in [0.29, 0.717) is 29.3 Å². The zero-order valence-corrected chi connectivity index (χ0v) is 30.1. The number of rotatable bonds is 6. The largest absolute Gasteiger partial charge is 0.304 e. The number of hydrogen-bond donors (Lipinski definition) is 0. The molecule has 45 heavy (non-hydrogen) atoms. The number of hydrogen-bond acceptors (Lipinski definition) is 5. The Morgan fingerprint density at radius 3 is 1.51 bits per heavy atom. The first kappa shape index (κ1) is 32.8. The number of pyridine rings is 1. The SMILES string of the molecule is CC(C)c1ccc(-c2nc(-c3ccc(C(C)C)cc3)nc(-c3ccc(-c4[c-]cc5c(c4)C(C)(C)N(C)C5(C)C)nc3)n2)cc1.[Ir]. The molecule has 3 heterocycles. The van der Waals surface area contributed by atoms with Crippen LogP contribution in [0.2, 0.25) is 0 Å². The van der Waals surface area contributed by atoms with Crippen molar-refractivity contribution >= 4 is 0 Å². The van der Waals surface area contributed by atoms with E-state index < -0.39 is 0 Å². The molecule has 0 N–H and O–H groups in total. The molecule has 0 aliphatic carbocycles. The van der Waals surface area contributed by atoms with Gasteiger partial charge in [0.15, 0.2) is 17.5 Å². The van der Waals surface area contributed by atoms with Gasteiger partial charge in [0.2, 0.25) is 0 Å². The monoisotopic (exact) mass is 773 g/mol. The first-order valence-electron chi connectivity index (χ1n) is 15.6. The van der Waals surface area contributed by atoms with Crippen LogP contribution in [-0.2, 0) is 31.2 Å². The molecule has 0 bridgehead atoms. The molecular formula is C39H42IrN5-. The standard InChI is InChI=1S/C39H42N5.Ir/c1-24(2)26-10-14-28(15-11-26)35-41-36(29-16-12-27(13-17-29)25(3)4)43-37(42-35)31-19-21-34(40-23-31)30-18-20-32-33(22-30)39(7,8)44(9)38(32,5)6;/h10-17,19-25H,1-9H3;/q-1;. The van der Waals surface area contributed by atoms with Crippen molar-refractivity contribution in [2.75, 3.05) is 7.05 Å². The fraction of sp³-hybridized carbons (Fsp3) is 0.333. The summed E-state index contributed by atoms with van der Waals surface area (Å²) in [6.07, 6.45) is 1.87. The van der Waals surface area contributed by atoms with Crippen molar-refractivity contribution in [3.63, 3.8) is 0 Å². The summed E-state index contributed by atoms with van der Waals surface area (Å²) in [4.78, 5) is 22.1. The van der Waals surface area contributed by atoms with Crippen LogP contribution >= 0.6 is 0 Å². The van der Waals surface area contributed by atoms with Crippen LogP contribution in [0.4, 0.5) is 0 Å². The van der Waals surface area contributed by atoms with Crippen LogP contribution < -0.4 is 0 Å². The minimum absolute atomic E-state index is 0. The van der Waals surface area contributed by atoms with Crippen LogP contribution in [0.5, 0.6) is 0 Å². The molecule has 5 aromatic rings. The maximum absolute atomic E-state index is 4.94. The van der Waals surface area contributed by atoms with Crippen LogP contribution in [0.15, 0.2) is 79.0 Å². The predicted molar refractivity (Wildman–Crippen MR) is 180 cm³/mol. The van der Waals surface area contributed by atoms with Crippen LogP contribution in [-0.4, -0.2) is 31.9 Å². The van der Waals surface area contributed by atoms with Crippen molar-refractivity contribution < 1.29 is 20.1 Å². The fourth-order valence-electron chi connectivity index (χ4n) is 6.19. The molecule has 3 aromatic carbocycles. The zero-order valence-electron chi connectivity index (χ0n) is 27.7. The third kappa shape index (κ3) is 6.04. The van der Waals surface area contributed by atoms with Crippen molar-refractivity contribution in [1.29, 1.82) is 0 Å². The molecule has 1 radical (unpaired) electrons. The molecule has 6 rings (SSSR count). The van der Waals surface area contributed by atoms with E-state index in [4.69, 9.17) is 19.9 Å². The van der Waals surface area contributed by atoms with Crippen LogP contribution in [0.3, 0.4) is 0 Å². The topological polar surface area (TPSA) is 54.8 Å². The van der Waals surface area contributed by atoms with E-state index in [2.05, 4.69) is 140 Å². The Bertz CT molecular complexity index is 1740. The molecule has 1 aliphatic heterocycles. The molecule has 2 aromatic heterocycles. The van der Waals surface area contributed by atoms with Gasteiger partial charge in [-0.25, -0.2) is 15.0 Å². The van der Waals surface area contributed by atoms with Gasteiger partial charge in [0.25, 0.3) is 0 Å². The van der Waals surface area contributed by atoms with Crippen molar-refractivity contribution in [3.05, 3.63) is 107 Å². The van der Waals surface area contributed by atoms with E-state index in [-0.39, 0.29) is 31.2 Å². The number of aromatic nitrogens is 4. The van der Waals surface area contributed by atoms with Crippen molar-refractivity contribution in [1.82, 2.24) is 24.8 Å². The van der Waals surface area contributed by atoms with Gasteiger partial charge in [0.05, 0.1) is 0 Å². The summed E-state index contributed by atoms with van der Waals surface area (Å²) in [5.41, 5.74) is 9.72. The van der Waals surface area contributed by atoms with E-state index in [1.54, 1.807) is 0 Å². The van der Waals surface area contributed by atoms with Gasteiger partial charge in [-0.15, -0.1) is 34.9 Å². The normalized spacial score (nSPS) is 15.3. The van der Waals surface area contributed by atoms with Gasteiger partial charge >= 0.3 is 0 Å². The fourth-order valence-corrected chi connectivity index (χ4v) is 6.19. The third-order valence-electron chi connectivity index (χ3n) is 9.55. The summed E-state index contributed by atoms with van der Waals surface area (Å²) in [6, 6.07) is 29.0. The Balaban J connectivity index is 0.00000400.